The van der Waals surface area contributed by atoms with Crippen LogP contribution in [0.3, 0.4) is 0 Å². The Morgan fingerprint density at radius 3 is 2.65 bits per heavy atom. The molecule has 1 unspecified atom stereocenters. The van der Waals surface area contributed by atoms with E-state index in [1.807, 2.05) is 30.6 Å². The molecule has 1 aromatic heterocycles. The first-order valence-electron chi connectivity index (χ1n) is 6.51. The summed E-state index contributed by atoms with van der Waals surface area (Å²) in [5.74, 6) is 0. The Bertz CT molecular complexity index is 763. The predicted molar refractivity (Wildman–Crippen MR) is 86.7 cm³/mol. The smallest absolute Gasteiger partial charge is 0.0569 e. The van der Waals surface area contributed by atoms with Crippen molar-refractivity contribution >= 4 is 26.7 Å². The lowest BCUT2D eigenvalue weighted by atomic mass is 9.94. The van der Waals surface area contributed by atoms with Crippen molar-refractivity contribution in [2.24, 2.45) is 5.73 Å². The Morgan fingerprint density at radius 1 is 1.05 bits per heavy atom. The van der Waals surface area contributed by atoms with Gasteiger partial charge in [-0.25, -0.2) is 0 Å². The number of benzene rings is 2. The van der Waals surface area contributed by atoms with Gasteiger partial charge in [0.05, 0.1) is 6.04 Å². The molecule has 20 heavy (non-hydrogen) atoms. The molecular formula is C17H15BrN2. The van der Waals surface area contributed by atoms with Crippen LogP contribution < -0.4 is 5.73 Å². The number of rotatable bonds is 2. The molecule has 2 nitrogen and oxygen atoms in total. The van der Waals surface area contributed by atoms with E-state index in [0.29, 0.717) is 0 Å². The summed E-state index contributed by atoms with van der Waals surface area (Å²) in [6, 6.07) is 14.2. The Hall–Kier alpha value is -1.71. The lowest BCUT2D eigenvalue weighted by Crippen LogP contribution is -2.13. The molecule has 2 aromatic carbocycles. The van der Waals surface area contributed by atoms with Gasteiger partial charge >= 0.3 is 0 Å². The van der Waals surface area contributed by atoms with Crippen molar-refractivity contribution in [3.63, 3.8) is 0 Å². The van der Waals surface area contributed by atoms with Gasteiger partial charge in [-0.15, -0.1) is 0 Å². The molecule has 0 aliphatic carbocycles. The first kappa shape index (κ1) is 13.3. The van der Waals surface area contributed by atoms with Crippen LogP contribution in [0.5, 0.6) is 0 Å². The van der Waals surface area contributed by atoms with Crippen molar-refractivity contribution in [2.75, 3.05) is 0 Å². The third-order valence-corrected chi connectivity index (χ3v) is 4.69. The zero-order chi connectivity index (χ0) is 14.1. The number of hydrogen-bond acceptors (Lipinski definition) is 2. The van der Waals surface area contributed by atoms with Crippen LogP contribution in [0.4, 0.5) is 0 Å². The van der Waals surface area contributed by atoms with E-state index in [0.717, 1.165) is 26.4 Å². The van der Waals surface area contributed by atoms with Crippen molar-refractivity contribution in [1.82, 2.24) is 4.98 Å². The summed E-state index contributed by atoms with van der Waals surface area (Å²) >= 11 is 3.65. The van der Waals surface area contributed by atoms with Gasteiger partial charge < -0.3 is 5.73 Å². The molecule has 1 atom stereocenters. The maximum absolute atomic E-state index is 6.50. The first-order valence-corrected chi connectivity index (χ1v) is 7.31. The lowest BCUT2D eigenvalue weighted by Gasteiger charge is -2.17. The van der Waals surface area contributed by atoms with Crippen LogP contribution in [0, 0.1) is 6.92 Å². The number of aryl methyl sites for hydroxylation is 1. The third kappa shape index (κ3) is 2.23. The van der Waals surface area contributed by atoms with E-state index in [9.17, 15) is 0 Å². The Morgan fingerprint density at radius 2 is 1.80 bits per heavy atom. The van der Waals surface area contributed by atoms with Crippen molar-refractivity contribution < 1.29 is 0 Å². The molecule has 2 N–H and O–H groups in total. The highest BCUT2D eigenvalue weighted by Gasteiger charge is 2.15. The highest BCUT2D eigenvalue weighted by molar-refractivity contribution is 9.10. The average molecular weight is 327 g/mol. The molecule has 0 saturated heterocycles. The van der Waals surface area contributed by atoms with Gasteiger partial charge in [-0.3, -0.25) is 4.98 Å². The average Bonchev–Trinajstić information content (AvgIpc) is 2.49. The van der Waals surface area contributed by atoms with E-state index in [-0.39, 0.29) is 6.04 Å². The minimum atomic E-state index is -0.157. The quantitative estimate of drug-likeness (QED) is 0.760. The largest absolute Gasteiger partial charge is 0.320 e. The maximum Gasteiger partial charge on any atom is 0.0569 e. The zero-order valence-electron chi connectivity index (χ0n) is 11.2. The molecule has 0 amide bonds. The molecule has 0 saturated carbocycles. The van der Waals surface area contributed by atoms with Gasteiger partial charge in [-0.2, -0.15) is 0 Å². The summed E-state index contributed by atoms with van der Waals surface area (Å²) in [4.78, 5) is 4.17. The molecule has 0 fully saturated rings. The van der Waals surface area contributed by atoms with Crippen LogP contribution in [0.15, 0.2) is 59.3 Å². The molecule has 1 heterocycles. The summed E-state index contributed by atoms with van der Waals surface area (Å²) < 4.78 is 1.08. The Labute approximate surface area is 126 Å². The van der Waals surface area contributed by atoms with Crippen LogP contribution in [-0.4, -0.2) is 4.98 Å². The van der Waals surface area contributed by atoms with Gasteiger partial charge in [0.1, 0.15) is 0 Å². The SMILES string of the molecule is Cc1cccc(C(N)c2cccc3cnccc23)c1Br. The molecule has 0 radical (unpaired) electrons. The number of nitrogens with zero attached hydrogens (tertiary/aromatic N) is 1. The third-order valence-electron chi connectivity index (χ3n) is 3.61. The summed E-state index contributed by atoms with van der Waals surface area (Å²) in [5, 5.41) is 2.27. The first-order chi connectivity index (χ1) is 9.68. The predicted octanol–water partition coefficient (Wildman–Crippen LogP) is 4.35. The van der Waals surface area contributed by atoms with Crippen molar-refractivity contribution in [2.45, 2.75) is 13.0 Å². The van der Waals surface area contributed by atoms with E-state index >= 15 is 0 Å². The normalized spacial score (nSPS) is 12.6. The molecule has 100 valence electrons. The fraction of sp³-hybridized carbons (Fsp3) is 0.118. The second kappa shape index (κ2) is 5.35. The second-order valence-corrected chi connectivity index (χ2v) is 5.69. The fourth-order valence-corrected chi connectivity index (χ4v) is 3.01. The topological polar surface area (TPSA) is 38.9 Å². The number of hydrogen-bond donors (Lipinski definition) is 1. The van der Waals surface area contributed by atoms with Gasteiger partial charge in [0, 0.05) is 22.3 Å². The lowest BCUT2D eigenvalue weighted by molar-refractivity contribution is 0.872. The highest BCUT2D eigenvalue weighted by atomic mass is 79.9. The summed E-state index contributed by atoms with van der Waals surface area (Å²) in [6.07, 6.45) is 3.68. The standard InChI is InChI=1S/C17H15BrN2/c1-11-4-2-7-15(16(11)18)17(19)14-6-3-5-12-10-20-9-8-13(12)14/h2-10,17H,19H2,1H3. The fourth-order valence-electron chi connectivity index (χ4n) is 2.50. The zero-order valence-corrected chi connectivity index (χ0v) is 12.8. The minimum absolute atomic E-state index is 0.157. The van der Waals surface area contributed by atoms with Gasteiger partial charge in [0.25, 0.3) is 0 Å². The summed E-state index contributed by atoms with van der Waals surface area (Å²) in [7, 11) is 0. The van der Waals surface area contributed by atoms with Crippen molar-refractivity contribution in [3.05, 3.63) is 76.0 Å². The molecule has 3 rings (SSSR count). The summed E-state index contributed by atoms with van der Waals surface area (Å²) in [5.41, 5.74) is 9.92. The number of fused-ring (bicyclic) bond motifs is 1. The van der Waals surface area contributed by atoms with E-state index in [1.54, 1.807) is 0 Å². The van der Waals surface area contributed by atoms with Crippen LogP contribution in [0.2, 0.25) is 0 Å². The van der Waals surface area contributed by atoms with Crippen LogP contribution in [0.25, 0.3) is 10.8 Å². The van der Waals surface area contributed by atoms with E-state index < -0.39 is 0 Å². The molecule has 3 aromatic rings. The van der Waals surface area contributed by atoms with Crippen molar-refractivity contribution in [1.29, 1.82) is 0 Å². The van der Waals surface area contributed by atoms with Crippen LogP contribution in [-0.2, 0) is 0 Å². The minimum Gasteiger partial charge on any atom is -0.320 e. The van der Waals surface area contributed by atoms with Crippen LogP contribution >= 0.6 is 15.9 Å². The van der Waals surface area contributed by atoms with Gasteiger partial charge in [0.2, 0.25) is 0 Å². The van der Waals surface area contributed by atoms with Gasteiger partial charge in [0.15, 0.2) is 0 Å². The van der Waals surface area contributed by atoms with Gasteiger partial charge in [-0.1, -0.05) is 52.3 Å². The summed E-state index contributed by atoms with van der Waals surface area (Å²) in [6.45, 7) is 2.08. The number of halogens is 1. The number of aromatic nitrogens is 1. The molecule has 0 aliphatic heterocycles. The Balaban J connectivity index is 2.18. The van der Waals surface area contributed by atoms with E-state index in [1.165, 1.54) is 5.56 Å². The molecular weight excluding hydrogens is 312 g/mol. The monoisotopic (exact) mass is 326 g/mol. The highest BCUT2D eigenvalue weighted by Crippen LogP contribution is 2.32. The van der Waals surface area contributed by atoms with E-state index in [2.05, 4.69) is 52.1 Å². The molecule has 0 bridgehead atoms. The molecule has 0 aliphatic rings. The second-order valence-electron chi connectivity index (χ2n) is 4.90. The van der Waals surface area contributed by atoms with Crippen molar-refractivity contribution in [3.8, 4) is 0 Å². The number of nitrogens with two attached hydrogens (primary N) is 1. The van der Waals surface area contributed by atoms with Crippen LogP contribution in [0.1, 0.15) is 22.7 Å². The van der Waals surface area contributed by atoms with E-state index in [4.69, 9.17) is 5.73 Å². The molecule has 3 heteroatoms. The van der Waals surface area contributed by atoms with Gasteiger partial charge in [-0.05, 0) is 35.1 Å². The number of pyridine rings is 1. The Kier molecular flexibility index (Phi) is 3.55. The maximum atomic E-state index is 6.50. The molecule has 0 spiro atoms.